The average Bonchev–Trinajstić information content (AvgIpc) is 3.21. The summed E-state index contributed by atoms with van der Waals surface area (Å²) < 4.78 is 15.5. The molecule has 0 spiro atoms. The number of likely N-dealkylation sites (N-methyl/N-ethyl adjacent to an activating group) is 1. The quantitative estimate of drug-likeness (QED) is 0.640. The number of hydrogen-bond donors (Lipinski definition) is 2. The van der Waals surface area contributed by atoms with Crippen molar-refractivity contribution in [1.29, 1.82) is 0 Å². The largest absolute Gasteiger partial charge is 0.343 e. The first-order valence-electron chi connectivity index (χ1n) is 13.0. The number of halogens is 1. The van der Waals surface area contributed by atoms with E-state index in [0.717, 1.165) is 37.6 Å². The second kappa shape index (κ2) is 11.0. The number of benzene rings is 1. The maximum absolute atomic E-state index is 13.8. The van der Waals surface area contributed by atoms with Crippen LogP contribution in [-0.4, -0.2) is 76.9 Å². The number of carbonyl (C=O) groups excluding carboxylic acids is 3. The summed E-state index contributed by atoms with van der Waals surface area (Å²) in [6.45, 7) is 4.95. The fourth-order valence-electron chi connectivity index (χ4n) is 5.59. The monoisotopic (exact) mass is 499 g/mol. The molecule has 3 atom stereocenters. The van der Waals surface area contributed by atoms with Crippen LogP contribution in [0.2, 0.25) is 0 Å². The van der Waals surface area contributed by atoms with Crippen LogP contribution >= 0.6 is 0 Å². The van der Waals surface area contributed by atoms with Crippen LogP contribution in [0.1, 0.15) is 56.4 Å². The summed E-state index contributed by atoms with van der Waals surface area (Å²) in [5.41, 5.74) is 1.29. The Balaban J connectivity index is 1.48. The third-order valence-electron chi connectivity index (χ3n) is 7.93. The number of aromatic nitrogens is 1. The highest BCUT2D eigenvalue weighted by molar-refractivity contribution is 5.99. The lowest BCUT2D eigenvalue weighted by molar-refractivity contribution is -0.142. The second-order valence-corrected chi connectivity index (χ2v) is 10.3. The van der Waals surface area contributed by atoms with Crippen LogP contribution in [0.15, 0.2) is 24.3 Å². The predicted octanol–water partition coefficient (Wildman–Crippen LogP) is 2.66. The molecule has 9 heteroatoms. The third kappa shape index (κ3) is 5.26. The lowest BCUT2D eigenvalue weighted by Gasteiger charge is -2.43. The summed E-state index contributed by atoms with van der Waals surface area (Å²) in [4.78, 5) is 43.4. The van der Waals surface area contributed by atoms with Gasteiger partial charge in [0.15, 0.2) is 0 Å². The lowest BCUT2D eigenvalue weighted by atomic mass is 9.83. The minimum absolute atomic E-state index is 0.0572. The van der Waals surface area contributed by atoms with E-state index in [2.05, 4.69) is 10.6 Å². The molecule has 0 unspecified atom stereocenters. The van der Waals surface area contributed by atoms with Crippen molar-refractivity contribution in [1.82, 2.24) is 25.0 Å². The zero-order valence-corrected chi connectivity index (χ0v) is 21.7. The molecule has 196 valence electrons. The van der Waals surface area contributed by atoms with Gasteiger partial charge in [-0.2, -0.15) is 0 Å². The third-order valence-corrected chi connectivity index (χ3v) is 7.93. The Bertz CT molecular complexity index is 1130. The molecule has 4 rings (SSSR count). The van der Waals surface area contributed by atoms with Crippen LogP contribution in [0.25, 0.3) is 10.9 Å². The molecule has 36 heavy (non-hydrogen) atoms. The first kappa shape index (κ1) is 26.1. The number of aryl methyl sites for hydroxylation is 1. The Hall–Kier alpha value is -2.94. The number of amides is 3. The van der Waals surface area contributed by atoms with E-state index in [4.69, 9.17) is 0 Å². The Labute approximate surface area is 212 Å². The first-order chi connectivity index (χ1) is 17.2. The molecule has 2 N–H and O–H groups in total. The maximum Gasteiger partial charge on any atom is 0.270 e. The van der Waals surface area contributed by atoms with Gasteiger partial charge in [-0.15, -0.1) is 0 Å². The highest BCUT2D eigenvalue weighted by Crippen LogP contribution is 2.29. The highest BCUT2D eigenvalue weighted by Gasteiger charge is 2.38. The van der Waals surface area contributed by atoms with Crippen molar-refractivity contribution >= 4 is 28.6 Å². The molecule has 1 aliphatic carbocycles. The molecule has 0 bridgehead atoms. The second-order valence-electron chi connectivity index (χ2n) is 10.3. The Morgan fingerprint density at radius 1 is 1.08 bits per heavy atom. The van der Waals surface area contributed by atoms with Gasteiger partial charge in [-0.25, -0.2) is 4.39 Å². The summed E-state index contributed by atoms with van der Waals surface area (Å²) in [5.74, 6) is -0.569. The van der Waals surface area contributed by atoms with Crippen molar-refractivity contribution in [2.45, 2.75) is 64.1 Å². The van der Waals surface area contributed by atoms with E-state index in [-0.39, 0.29) is 41.5 Å². The smallest absolute Gasteiger partial charge is 0.270 e. The summed E-state index contributed by atoms with van der Waals surface area (Å²) in [6, 6.07) is 5.10. The maximum atomic E-state index is 13.8. The molecule has 2 aromatic rings. The van der Waals surface area contributed by atoms with Crippen molar-refractivity contribution in [3.05, 3.63) is 35.8 Å². The Morgan fingerprint density at radius 3 is 2.47 bits per heavy atom. The Morgan fingerprint density at radius 2 is 1.81 bits per heavy atom. The van der Waals surface area contributed by atoms with Crippen molar-refractivity contribution in [3.63, 3.8) is 0 Å². The number of nitrogens with one attached hydrogen (secondary N) is 2. The van der Waals surface area contributed by atoms with E-state index < -0.39 is 6.04 Å². The van der Waals surface area contributed by atoms with E-state index in [9.17, 15) is 18.8 Å². The molecule has 2 fully saturated rings. The molecule has 2 heterocycles. The normalized spacial score (nSPS) is 20.9. The lowest BCUT2D eigenvalue weighted by Crippen LogP contribution is -2.62. The van der Waals surface area contributed by atoms with Crippen LogP contribution in [0.5, 0.6) is 0 Å². The number of nitrogens with zero attached hydrogens (tertiary/aromatic N) is 3. The number of piperazine rings is 1. The van der Waals surface area contributed by atoms with Gasteiger partial charge in [0, 0.05) is 43.6 Å². The van der Waals surface area contributed by atoms with Gasteiger partial charge >= 0.3 is 0 Å². The van der Waals surface area contributed by atoms with Crippen molar-refractivity contribution in [3.8, 4) is 0 Å². The van der Waals surface area contributed by atoms with Crippen LogP contribution < -0.4 is 10.6 Å². The summed E-state index contributed by atoms with van der Waals surface area (Å²) >= 11 is 0. The first-order valence-corrected chi connectivity index (χ1v) is 13.0. The number of hydrogen-bond acceptors (Lipinski definition) is 4. The average molecular weight is 500 g/mol. The van der Waals surface area contributed by atoms with Crippen molar-refractivity contribution in [2.75, 3.05) is 26.7 Å². The van der Waals surface area contributed by atoms with Gasteiger partial charge in [0.25, 0.3) is 5.91 Å². The zero-order chi connectivity index (χ0) is 26.0. The molecule has 1 aromatic heterocycles. The van der Waals surface area contributed by atoms with Crippen LogP contribution in [0.4, 0.5) is 4.39 Å². The summed E-state index contributed by atoms with van der Waals surface area (Å²) in [6.07, 6.45) is 5.16. The molecular formula is C27H38FN5O3. The van der Waals surface area contributed by atoms with Crippen LogP contribution in [-0.2, 0) is 16.6 Å². The van der Waals surface area contributed by atoms with E-state index in [1.807, 2.05) is 11.8 Å². The SMILES string of the molecule is CN[C@@H](C)C(=O)N[C@H](C(=O)N1CCN(C(=O)c2cc3cc(F)ccc3n2C)C[C@H]1C)C1CCCCC1. The van der Waals surface area contributed by atoms with Gasteiger partial charge in [0.05, 0.1) is 6.04 Å². The van der Waals surface area contributed by atoms with E-state index in [0.29, 0.717) is 30.7 Å². The molecule has 1 aliphatic heterocycles. The fourth-order valence-corrected chi connectivity index (χ4v) is 5.59. The zero-order valence-electron chi connectivity index (χ0n) is 21.7. The van der Waals surface area contributed by atoms with Crippen molar-refractivity contribution in [2.24, 2.45) is 13.0 Å². The molecular weight excluding hydrogens is 461 g/mol. The molecule has 3 amide bonds. The number of rotatable bonds is 6. The fraction of sp³-hybridized carbons (Fsp3) is 0.593. The van der Waals surface area contributed by atoms with E-state index in [1.54, 1.807) is 42.6 Å². The number of fused-ring (bicyclic) bond motifs is 1. The van der Waals surface area contributed by atoms with Crippen molar-refractivity contribution < 1.29 is 18.8 Å². The standard InChI is InChI=1S/C27H38FN5O3/c1-17-16-32(26(35)23-15-20-14-21(28)10-11-22(20)31(23)4)12-13-33(17)27(36)24(19-8-6-5-7-9-19)30-25(34)18(2)29-3/h10-11,14-15,17-19,24,29H,5-9,12-13,16H2,1-4H3,(H,30,34)/t17-,18+,24+/m1/s1. The van der Waals surface area contributed by atoms with Gasteiger partial charge in [0.2, 0.25) is 11.8 Å². The van der Waals surface area contributed by atoms with Gasteiger partial charge in [0.1, 0.15) is 17.6 Å². The molecule has 0 radical (unpaired) electrons. The van der Waals surface area contributed by atoms with Gasteiger partial charge in [-0.1, -0.05) is 19.3 Å². The predicted molar refractivity (Wildman–Crippen MR) is 137 cm³/mol. The van der Waals surface area contributed by atoms with Gasteiger partial charge in [-0.05, 0) is 63.9 Å². The van der Waals surface area contributed by atoms with Crippen LogP contribution in [0.3, 0.4) is 0 Å². The minimum atomic E-state index is -0.550. The van der Waals surface area contributed by atoms with Gasteiger partial charge in [-0.3, -0.25) is 14.4 Å². The molecule has 2 aliphatic rings. The number of carbonyl (C=O) groups is 3. The Kier molecular flexibility index (Phi) is 7.97. The summed E-state index contributed by atoms with van der Waals surface area (Å²) in [5, 5.41) is 6.67. The van der Waals surface area contributed by atoms with E-state index in [1.165, 1.54) is 12.1 Å². The molecule has 8 nitrogen and oxygen atoms in total. The molecule has 1 saturated heterocycles. The highest BCUT2D eigenvalue weighted by atomic mass is 19.1. The molecule has 1 saturated carbocycles. The topological polar surface area (TPSA) is 86.7 Å². The summed E-state index contributed by atoms with van der Waals surface area (Å²) in [7, 11) is 3.53. The van der Waals surface area contributed by atoms with Gasteiger partial charge < -0.3 is 25.0 Å². The molecule has 1 aromatic carbocycles. The van der Waals surface area contributed by atoms with Crippen LogP contribution in [0, 0.1) is 11.7 Å². The minimum Gasteiger partial charge on any atom is -0.343 e. The van der Waals surface area contributed by atoms with E-state index >= 15 is 0 Å².